The van der Waals surface area contributed by atoms with Crippen molar-refractivity contribution in [2.75, 3.05) is 20.1 Å². The van der Waals surface area contributed by atoms with E-state index in [1.807, 2.05) is 39.8 Å². The van der Waals surface area contributed by atoms with Gasteiger partial charge in [0.15, 0.2) is 10.8 Å². The Kier molecular flexibility index (Phi) is 8.45. The third-order valence-corrected chi connectivity index (χ3v) is 4.67. The number of carbonyl (C=O) groups is 1. The number of amides is 1. The van der Waals surface area contributed by atoms with E-state index in [1.165, 1.54) is 11.3 Å². The van der Waals surface area contributed by atoms with Crippen molar-refractivity contribution >= 4 is 42.1 Å². The molecule has 2 aromatic heterocycles. The molecule has 0 fully saturated rings. The summed E-state index contributed by atoms with van der Waals surface area (Å²) < 4.78 is 5.58. The number of halogens is 2. The molecule has 24 heavy (non-hydrogen) atoms. The summed E-state index contributed by atoms with van der Waals surface area (Å²) >= 11 is 1.37. The molecule has 0 aromatic carbocycles. The maximum atomic E-state index is 12.6. The van der Waals surface area contributed by atoms with E-state index in [0.29, 0.717) is 23.7 Å². The molecular formula is C16H25Cl2N3O2S. The molecule has 5 nitrogen and oxygen atoms in total. The van der Waals surface area contributed by atoms with Gasteiger partial charge in [0.1, 0.15) is 10.6 Å². The van der Waals surface area contributed by atoms with E-state index in [4.69, 9.17) is 10.2 Å². The first-order chi connectivity index (χ1) is 10.2. The molecular weight excluding hydrogens is 369 g/mol. The number of carbonyl (C=O) groups excluding carboxylic acids is 1. The second kappa shape index (κ2) is 8.85. The Labute approximate surface area is 159 Å². The maximum absolute atomic E-state index is 12.6. The fourth-order valence-corrected chi connectivity index (χ4v) is 3.22. The van der Waals surface area contributed by atoms with Crippen LogP contribution in [0, 0.1) is 19.3 Å². The Hall–Kier alpha value is -1.08. The van der Waals surface area contributed by atoms with Crippen LogP contribution in [-0.2, 0) is 0 Å². The fourth-order valence-electron chi connectivity index (χ4n) is 2.20. The van der Waals surface area contributed by atoms with Gasteiger partial charge in [0.25, 0.3) is 5.91 Å². The van der Waals surface area contributed by atoms with Crippen molar-refractivity contribution in [3.63, 3.8) is 0 Å². The number of nitrogens with zero attached hydrogens (tertiary/aromatic N) is 2. The highest BCUT2D eigenvalue weighted by atomic mass is 35.5. The van der Waals surface area contributed by atoms with E-state index < -0.39 is 0 Å². The summed E-state index contributed by atoms with van der Waals surface area (Å²) in [5.74, 6) is 1.51. The largest absolute Gasteiger partial charge is 0.459 e. The Morgan fingerprint density at radius 3 is 2.46 bits per heavy atom. The van der Waals surface area contributed by atoms with Crippen molar-refractivity contribution in [2.45, 2.75) is 27.7 Å². The summed E-state index contributed by atoms with van der Waals surface area (Å²) in [6.45, 7) is 8.97. The molecule has 136 valence electrons. The van der Waals surface area contributed by atoms with Crippen molar-refractivity contribution in [3.05, 3.63) is 28.5 Å². The number of thiazole rings is 1. The van der Waals surface area contributed by atoms with Crippen molar-refractivity contribution in [2.24, 2.45) is 11.1 Å². The number of aromatic nitrogens is 1. The van der Waals surface area contributed by atoms with Crippen molar-refractivity contribution in [1.29, 1.82) is 0 Å². The van der Waals surface area contributed by atoms with Gasteiger partial charge in [-0.2, -0.15) is 0 Å². The normalized spacial score (nSPS) is 10.8. The SMILES string of the molecule is Cc1ccc(-c2nc(C)c(C(=O)N(C)CC(C)(C)CN)s2)o1.Cl.Cl. The van der Waals surface area contributed by atoms with Gasteiger partial charge in [0.05, 0.1) is 5.69 Å². The lowest BCUT2D eigenvalue weighted by Crippen LogP contribution is -2.39. The number of hydrogen-bond acceptors (Lipinski definition) is 5. The molecule has 8 heteroatoms. The first kappa shape index (κ1) is 22.9. The topological polar surface area (TPSA) is 72.4 Å². The highest BCUT2D eigenvalue weighted by Gasteiger charge is 2.25. The van der Waals surface area contributed by atoms with Gasteiger partial charge in [-0.25, -0.2) is 4.98 Å². The monoisotopic (exact) mass is 393 g/mol. The van der Waals surface area contributed by atoms with Gasteiger partial charge in [-0.3, -0.25) is 4.79 Å². The molecule has 0 saturated heterocycles. The quantitative estimate of drug-likeness (QED) is 0.834. The number of furan rings is 1. The van der Waals surface area contributed by atoms with E-state index in [2.05, 4.69) is 4.98 Å². The van der Waals surface area contributed by atoms with Crippen LogP contribution >= 0.6 is 36.2 Å². The molecule has 0 spiro atoms. The van der Waals surface area contributed by atoms with Gasteiger partial charge < -0.3 is 15.1 Å². The molecule has 0 aliphatic rings. The van der Waals surface area contributed by atoms with Crippen LogP contribution in [-0.4, -0.2) is 35.9 Å². The lowest BCUT2D eigenvalue weighted by atomic mass is 9.93. The maximum Gasteiger partial charge on any atom is 0.265 e. The highest BCUT2D eigenvalue weighted by Crippen LogP contribution is 2.30. The van der Waals surface area contributed by atoms with Crippen LogP contribution in [0.15, 0.2) is 16.5 Å². The van der Waals surface area contributed by atoms with Crippen LogP contribution in [0.1, 0.15) is 35.0 Å². The third kappa shape index (κ3) is 5.21. The van der Waals surface area contributed by atoms with E-state index >= 15 is 0 Å². The highest BCUT2D eigenvalue weighted by molar-refractivity contribution is 7.17. The van der Waals surface area contributed by atoms with Gasteiger partial charge in [-0.05, 0) is 37.9 Å². The van der Waals surface area contributed by atoms with Gasteiger partial charge in [-0.1, -0.05) is 13.8 Å². The van der Waals surface area contributed by atoms with Crippen molar-refractivity contribution < 1.29 is 9.21 Å². The summed E-state index contributed by atoms with van der Waals surface area (Å²) in [6, 6.07) is 3.77. The molecule has 0 bridgehead atoms. The summed E-state index contributed by atoms with van der Waals surface area (Å²) in [5.41, 5.74) is 6.37. The van der Waals surface area contributed by atoms with Gasteiger partial charge in [-0.15, -0.1) is 36.2 Å². The van der Waals surface area contributed by atoms with E-state index in [0.717, 1.165) is 16.5 Å². The average molecular weight is 394 g/mol. The minimum absolute atomic E-state index is 0. The standard InChI is InChI=1S/C16H23N3O2S.2ClH/c1-10-6-7-12(21-10)14-18-11(2)13(22-14)15(20)19(5)9-16(3,4)8-17;;/h6-7H,8-9,17H2,1-5H3;2*1H. The van der Waals surface area contributed by atoms with Crippen molar-refractivity contribution in [1.82, 2.24) is 9.88 Å². The fraction of sp³-hybridized carbons (Fsp3) is 0.500. The lowest BCUT2D eigenvalue weighted by molar-refractivity contribution is 0.0744. The molecule has 2 N–H and O–H groups in total. The smallest absolute Gasteiger partial charge is 0.265 e. The van der Waals surface area contributed by atoms with Crippen LogP contribution in [0.5, 0.6) is 0 Å². The molecule has 0 radical (unpaired) electrons. The van der Waals surface area contributed by atoms with Crippen LogP contribution in [0.3, 0.4) is 0 Å². The Balaban J connectivity index is 0.00000264. The van der Waals surface area contributed by atoms with Crippen LogP contribution in [0.25, 0.3) is 10.8 Å². The molecule has 2 heterocycles. The zero-order valence-electron chi connectivity index (χ0n) is 14.6. The first-order valence-corrected chi connectivity index (χ1v) is 8.05. The second-order valence-corrected chi connectivity index (χ2v) is 7.37. The Morgan fingerprint density at radius 2 is 1.96 bits per heavy atom. The molecule has 0 saturated carbocycles. The van der Waals surface area contributed by atoms with Gasteiger partial charge in [0.2, 0.25) is 0 Å². The van der Waals surface area contributed by atoms with Crippen LogP contribution in [0.2, 0.25) is 0 Å². The summed E-state index contributed by atoms with van der Waals surface area (Å²) in [4.78, 5) is 19.5. The second-order valence-electron chi connectivity index (χ2n) is 6.37. The number of nitrogens with two attached hydrogens (primary N) is 1. The van der Waals surface area contributed by atoms with E-state index in [1.54, 1.807) is 11.9 Å². The first-order valence-electron chi connectivity index (χ1n) is 7.23. The average Bonchev–Trinajstić information content (AvgIpc) is 3.03. The lowest BCUT2D eigenvalue weighted by Gasteiger charge is -2.28. The van der Waals surface area contributed by atoms with Gasteiger partial charge in [0, 0.05) is 13.6 Å². The van der Waals surface area contributed by atoms with Crippen molar-refractivity contribution in [3.8, 4) is 10.8 Å². The molecule has 0 aliphatic heterocycles. The molecule has 2 aromatic rings. The Morgan fingerprint density at radius 1 is 1.33 bits per heavy atom. The summed E-state index contributed by atoms with van der Waals surface area (Å²) in [5, 5.41) is 0.737. The van der Waals surface area contributed by atoms with Gasteiger partial charge >= 0.3 is 0 Å². The predicted molar refractivity (Wildman–Crippen MR) is 104 cm³/mol. The molecule has 2 rings (SSSR count). The molecule has 0 aliphatic carbocycles. The molecule has 0 unspecified atom stereocenters. The third-order valence-electron chi connectivity index (χ3n) is 3.51. The Bertz CT molecular complexity index is 683. The van der Waals surface area contributed by atoms with E-state index in [9.17, 15) is 4.79 Å². The predicted octanol–water partition coefficient (Wildman–Crippen LogP) is 3.92. The zero-order chi connectivity index (χ0) is 16.5. The van der Waals surface area contributed by atoms with Crippen LogP contribution < -0.4 is 5.73 Å². The van der Waals surface area contributed by atoms with E-state index in [-0.39, 0.29) is 36.1 Å². The molecule has 0 atom stereocenters. The number of hydrogen-bond donors (Lipinski definition) is 1. The minimum atomic E-state index is -0.107. The number of aryl methyl sites for hydroxylation is 2. The van der Waals surface area contributed by atoms with Crippen LogP contribution in [0.4, 0.5) is 0 Å². The number of rotatable bonds is 5. The summed E-state index contributed by atoms with van der Waals surface area (Å²) in [7, 11) is 1.80. The zero-order valence-corrected chi connectivity index (χ0v) is 17.0. The molecule has 1 amide bonds. The summed E-state index contributed by atoms with van der Waals surface area (Å²) in [6.07, 6.45) is 0. The minimum Gasteiger partial charge on any atom is -0.459 e.